The molecule has 1 heterocycles. The molecule has 1 aromatic carbocycles. The molecule has 0 aliphatic carbocycles. The highest BCUT2D eigenvalue weighted by Gasteiger charge is 2.16. The summed E-state index contributed by atoms with van der Waals surface area (Å²) in [5, 5.41) is 10.1. The third-order valence-electron chi connectivity index (χ3n) is 3.54. The van der Waals surface area contributed by atoms with E-state index in [0.717, 1.165) is 32.1 Å². The molecule has 1 atom stereocenters. The molecule has 112 valence electrons. The van der Waals surface area contributed by atoms with E-state index in [1.165, 1.54) is 5.56 Å². The van der Waals surface area contributed by atoms with Crippen molar-refractivity contribution in [2.75, 3.05) is 39.5 Å². The maximum Gasteiger partial charge on any atom is 0.122 e. The van der Waals surface area contributed by atoms with Crippen molar-refractivity contribution in [3.8, 4) is 5.75 Å². The summed E-state index contributed by atoms with van der Waals surface area (Å²) in [4.78, 5) is 2.21. The Morgan fingerprint density at radius 1 is 1.25 bits per heavy atom. The van der Waals surface area contributed by atoms with Gasteiger partial charge in [0, 0.05) is 19.6 Å². The number of nitrogens with zero attached hydrogens (tertiary/aromatic N) is 1. The molecule has 0 saturated carbocycles. The fourth-order valence-corrected chi connectivity index (χ4v) is 2.41. The number of ether oxygens (including phenoxy) is 2. The van der Waals surface area contributed by atoms with Crippen LogP contribution in [0.4, 0.5) is 0 Å². The summed E-state index contributed by atoms with van der Waals surface area (Å²) in [5.41, 5.74) is 1.19. The Balaban J connectivity index is 1.82. The highest BCUT2D eigenvalue weighted by Crippen LogP contribution is 2.25. The summed E-state index contributed by atoms with van der Waals surface area (Å²) in [5.74, 6) is 1.30. The molecule has 0 aromatic heterocycles. The number of morpholine rings is 1. The largest absolute Gasteiger partial charge is 0.491 e. The topological polar surface area (TPSA) is 41.9 Å². The Labute approximate surface area is 121 Å². The molecular formula is C16H25NO3. The van der Waals surface area contributed by atoms with Gasteiger partial charge >= 0.3 is 0 Å². The zero-order valence-corrected chi connectivity index (χ0v) is 12.4. The van der Waals surface area contributed by atoms with Crippen molar-refractivity contribution in [2.24, 2.45) is 0 Å². The van der Waals surface area contributed by atoms with Crippen LogP contribution in [0.1, 0.15) is 25.3 Å². The molecule has 1 aromatic rings. The SMILES string of the molecule is CC(C)c1ccccc1OC[C@H](O)CN1CCOCC1. The lowest BCUT2D eigenvalue weighted by molar-refractivity contribution is 0.00455. The fourth-order valence-electron chi connectivity index (χ4n) is 2.41. The van der Waals surface area contributed by atoms with Gasteiger partial charge < -0.3 is 14.6 Å². The van der Waals surface area contributed by atoms with E-state index in [1.54, 1.807) is 0 Å². The number of hydrogen-bond acceptors (Lipinski definition) is 4. The molecule has 2 rings (SSSR count). The molecule has 1 fully saturated rings. The van der Waals surface area contributed by atoms with E-state index >= 15 is 0 Å². The zero-order valence-electron chi connectivity index (χ0n) is 12.4. The summed E-state index contributed by atoms with van der Waals surface area (Å²) < 4.78 is 11.1. The van der Waals surface area contributed by atoms with Crippen molar-refractivity contribution in [1.82, 2.24) is 4.90 Å². The van der Waals surface area contributed by atoms with Gasteiger partial charge in [0.05, 0.1) is 13.2 Å². The number of benzene rings is 1. The second-order valence-electron chi connectivity index (χ2n) is 5.57. The van der Waals surface area contributed by atoms with Gasteiger partial charge in [-0.2, -0.15) is 0 Å². The van der Waals surface area contributed by atoms with E-state index in [1.807, 2.05) is 18.2 Å². The summed E-state index contributed by atoms with van der Waals surface area (Å²) in [6.45, 7) is 8.56. The van der Waals surface area contributed by atoms with E-state index in [2.05, 4.69) is 24.8 Å². The third-order valence-corrected chi connectivity index (χ3v) is 3.54. The molecule has 1 N–H and O–H groups in total. The van der Waals surface area contributed by atoms with E-state index in [-0.39, 0.29) is 0 Å². The predicted molar refractivity (Wildman–Crippen MR) is 79.3 cm³/mol. The van der Waals surface area contributed by atoms with E-state index in [0.29, 0.717) is 19.1 Å². The molecule has 0 bridgehead atoms. The molecule has 0 unspecified atom stereocenters. The van der Waals surface area contributed by atoms with Crippen LogP contribution in [0.25, 0.3) is 0 Å². The van der Waals surface area contributed by atoms with Crippen LogP contribution in [-0.2, 0) is 4.74 Å². The number of aliphatic hydroxyl groups excluding tert-OH is 1. The van der Waals surface area contributed by atoms with Crippen LogP contribution in [0.2, 0.25) is 0 Å². The molecule has 1 aliphatic rings. The maximum absolute atomic E-state index is 10.1. The van der Waals surface area contributed by atoms with E-state index < -0.39 is 6.10 Å². The average molecular weight is 279 g/mol. The van der Waals surface area contributed by atoms with Gasteiger partial charge in [-0.1, -0.05) is 32.0 Å². The first kappa shape index (κ1) is 15.3. The van der Waals surface area contributed by atoms with Crippen LogP contribution >= 0.6 is 0 Å². The normalized spacial score (nSPS) is 18.2. The summed E-state index contributed by atoms with van der Waals surface area (Å²) in [6.07, 6.45) is -0.465. The van der Waals surface area contributed by atoms with Gasteiger partial charge in [0.2, 0.25) is 0 Å². The highest BCUT2D eigenvalue weighted by atomic mass is 16.5. The predicted octanol–water partition coefficient (Wildman–Crippen LogP) is 1.88. The standard InChI is InChI=1S/C16H25NO3/c1-13(2)15-5-3-4-6-16(15)20-12-14(18)11-17-7-9-19-10-8-17/h3-6,13-14,18H,7-12H2,1-2H3/t14-/m1/s1. The minimum atomic E-state index is -0.465. The van der Waals surface area contributed by atoms with Crippen molar-refractivity contribution in [3.05, 3.63) is 29.8 Å². The number of rotatable bonds is 6. The Morgan fingerprint density at radius 2 is 1.95 bits per heavy atom. The van der Waals surface area contributed by atoms with Crippen molar-refractivity contribution >= 4 is 0 Å². The zero-order chi connectivity index (χ0) is 14.4. The van der Waals surface area contributed by atoms with Crippen molar-refractivity contribution in [1.29, 1.82) is 0 Å². The Morgan fingerprint density at radius 3 is 2.65 bits per heavy atom. The Hall–Kier alpha value is -1.10. The summed E-state index contributed by atoms with van der Waals surface area (Å²) in [7, 11) is 0. The average Bonchev–Trinajstić information content (AvgIpc) is 2.46. The van der Waals surface area contributed by atoms with Gasteiger partial charge in [-0.3, -0.25) is 4.90 Å². The van der Waals surface area contributed by atoms with Crippen LogP contribution in [0.3, 0.4) is 0 Å². The Kier molecular flexibility index (Phi) is 5.83. The number of hydrogen-bond donors (Lipinski definition) is 1. The summed E-state index contributed by atoms with van der Waals surface area (Å²) in [6, 6.07) is 8.03. The first-order valence-corrected chi connectivity index (χ1v) is 7.36. The number of β-amino-alcohol motifs (C(OH)–C–C–N with tert-alkyl or cyclic N) is 1. The van der Waals surface area contributed by atoms with Gasteiger partial charge in [-0.15, -0.1) is 0 Å². The minimum absolute atomic E-state index is 0.334. The molecule has 1 aliphatic heterocycles. The van der Waals surface area contributed by atoms with Crippen LogP contribution in [0, 0.1) is 0 Å². The lowest BCUT2D eigenvalue weighted by Crippen LogP contribution is -2.42. The molecule has 0 spiro atoms. The molecule has 1 saturated heterocycles. The first-order valence-electron chi connectivity index (χ1n) is 7.36. The smallest absolute Gasteiger partial charge is 0.122 e. The molecule has 0 amide bonds. The molecule has 20 heavy (non-hydrogen) atoms. The lowest BCUT2D eigenvalue weighted by atomic mass is 10.0. The molecule has 0 radical (unpaired) electrons. The number of para-hydroxylation sites is 1. The molecule has 4 heteroatoms. The van der Waals surface area contributed by atoms with Gasteiger partial charge in [0.25, 0.3) is 0 Å². The van der Waals surface area contributed by atoms with Gasteiger partial charge in [-0.05, 0) is 17.5 Å². The van der Waals surface area contributed by atoms with Crippen LogP contribution in [-0.4, -0.2) is 55.6 Å². The van der Waals surface area contributed by atoms with Crippen LogP contribution in [0.5, 0.6) is 5.75 Å². The molecular weight excluding hydrogens is 254 g/mol. The third kappa shape index (κ3) is 4.47. The summed E-state index contributed by atoms with van der Waals surface area (Å²) >= 11 is 0. The minimum Gasteiger partial charge on any atom is -0.491 e. The van der Waals surface area contributed by atoms with Crippen molar-refractivity contribution < 1.29 is 14.6 Å². The van der Waals surface area contributed by atoms with E-state index in [9.17, 15) is 5.11 Å². The fraction of sp³-hybridized carbons (Fsp3) is 0.625. The van der Waals surface area contributed by atoms with Crippen LogP contribution in [0.15, 0.2) is 24.3 Å². The van der Waals surface area contributed by atoms with Crippen LogP contribution < -0.4 is 4.74 Å². The van der Waals surface area contributed by atoms with E-state index in [4.69, 9.17) is 9.47 Å². The quantitative estimate of drug-likeness (QED) is 0.863. The van der Waals surface area contributed by atoms with Gasteiger partial charge in [0.15, 0.2) is 0 Å². The van der Waals surface area contributed by atoms with Gasteiger partial charge in [0.1, 0.15) is 18.5 Å². The highest BCUT2D eigenvalue weighted by molar-refractivity contribution is 5.35. The maximum atomic E-state index is 10.1. The monoisotopic (exact) mass is 279 g/mol. The van der Waals surface area contributed by atoms with Gasteiger partial charge in [-0.25, -0.2) is 0 Å². The van der Waals surface area contributed by atoms with Crippen molar-refractivity contribution in [2.45, 2.75) is 25.9 Å². The Bertz CT molecular complexity index is 402. The van der Waals surface area contributed by atoms with Crippen molar-refractivity contribution in [3.63, 3.8) is 0 Å². The second-order valence-corrected chi connectivity index (χ2v) is 5.57. The lowest BCUT2D eigenvalue weighted by Gasteiger charge is -2.28. The second kappa shape index (κ2) is 7.62. The number of aliphatic hydroxyl groups is 1. The molecule has 4 nitrogen and oxygen atoms in total. The first-order chi connectivity index (χ1) is 9.66.